The second-order valence-corrected chi connectivity index (χ2v) is 25.4. The molecule has 0 atom stereocenters. The zero-order chi connectivity index (χ0) is 65.3. The van der Waals surface area contributed by atoms with Crippen molar-refractivity contribution in [3.05, 3.63) is 117 Å². The summed E-state index contributed by atoms with van der Waals surface area (Å²) in [7, 11) is -32.7. The first-order chi connectivity index (χ1) is 40.6. The Kier molecular flexibility index (Phi) is 16.2. The van der Waals surface area contributed by atoms with E-state index in [0.717, 1.165) is 48.5 Å². The highest BCUT2D eigenvalue weighted by atomic mass is 32.2. The molecule has 8 aromatic rings. The number of carbonyl (C=O) groups is 1. The Hall–Kier alpha value is -10.4. The first-order valence-electron chi connectivity index (χ1n) is 22.3. The van der Waals surface area contributed by atoms with E-state index in [4.69, 9.17) is 5.73 Å². The molecule has 0 radical (unpaired) electrons. The molecule has 0 saturated carbocycles. The molecule has 12 N–H and O–H groups in total. The van der Waals surface area contributed by atoms with Gasteiger partial charge in [0, 0.05) is 34.4 Å². The minimum absolute atomic E-state index is 0.221. The largest absolute Gasteiger partial charge is 0.505 e. The third-order valence-corrected chi connectivity index (χ3v) is 16.9. The number of phenolic OH excluding ortho intramolecular Hbond substituents is 2. The van der Waals surface area contributed by atoms with Gasteiger partial charge in [0.25, 0.3) is 72.1 Å². The summed E-state index contributed by atoms with van der Waals surface area (Å²) in [4.78, 5) is 25.8. The maximum Gasteiger partial charge on any atom is 0.358 e. The van der Waals surface area contributed by atoms with Crippen LogP contribution in [0, 0.1) is 20.2 Å². The molecule has 0 spiro atoms. The van der Waals surface area contributed by atoms with Crippen molar-refractivity contribution < 1.29 is 113 Å². The van der Waals surface area contributed by atoms with Crippen molar-refractivity contribution in [3.63, 3.8) is 0 Å². The summed E-state index contributed by atoms with van der Waals surface area (Å²) in [6.45, 7) is 0. The van der Waals surface area contributed by atoms with Gasteiger partial charge in [-0.3, -0.25) is 47.5 Å². The highest BCUT2D eigenvalue weighted by molar-refractivity contribution is 7.87. The van der Waals surface area contributed by atoms with Crippen LogP contribution in [0.5, 0.6) is 17.4 Å². The van der Waals surface area contributed by atoms with E-state index in [2.05, 4.69) is 46.0 Å². The van der Waals surface area contributed by atoms with Crippen LogP contribution in [0.3, 0.4) is 0 Å². The van der Waals surface area contributed by atoms with Gasteiger partial charge in [-0.05, 0) is 66.7 Å². The number of carboxylic acid groups (broad SMARTS) is 1. The van der Waals surface area contributed by atoms with Gasteiger partial charge >= 0.3 is 5.97 Å². The molecule has 458 valence electrons. The van der Waals surface area contributed by atoms with Crippen LogP contribution in [0.4, 0.5) is 62.6 Å². The molecule has 7 aromatic carbocycles. The van der Waals surface area contributed by atoms with E-state index in [1.54, 1.807) is 0 Å². The van der Waals surface area contributed by atoms with Crippen molar-refractivity contribution in [3.8, 4) is 23.1 Å². The van der Waals surface area contributed by atoms with Gasteiger partial charge in [-0.1, -0.05) is 6.07 Å². The van der Waals surface area contributed by atoms with Gasteiger partial charge in [-0.25, -0.2) is 4.79 Å². The normalized spacial score (nSPS) is 13.0. The molecule has 0 aliphatic carbocycles. The number of phenols is 2. The Labute approximate surface area is 487 Å². The topological polar surface area (TPSA) is 653 Å². The van der Waals surface area contributed by atoms with Crippen molar-refractivity contribution in [2.24, 2.45) is 40.9 Å². The lowest BCUT2D eigenvalue weighted by molar-refractivity contribution is -0.385. The Morgan fingerprint density at radius 3 is 1.57 bits per heavy atom. The zero-order valence-electron chi connectivity index (χ0n) is 42.0. The highest BCUT2D eigenvalue weighted by Crippen LogP contribution is 2.49. The van der Waals surface area contributed by atoms with E-state index in [-0.39, 0.29) is 17.8 Å². The number of carboxylic acids is 1. The fourth-order valence-electron chi connectivity index (χ4n) is 7.85. The number of nitrogens with zero attached hydrogens (tertiary/aromatic N) is 12. The molecule has 8 rings (SSSR count). The SMILES string of the molecule is Nc1c(N=Nc2ccc3c(O)c(N=Nc4cc([N+](=O)[O-])c(N=Nc5c(C(=O)O)nn(-c6ccc(S(=O)(=O)O)cc6)c5O)c(S(=O)(=O)O)c4)c(S(=O)(=O)O)cc3c2S(=O)(=O)O)cc(S(=O)(=O)O)c2ccc(N=Nc3ccc([N+](=O)[O-])cc3S(=O)(=O)O)c(O)c12. The summed E-state index contributed by atoms with van der Waals surface area (Å²) in [5, 5.41) is 95.7. The number of fused-ring (bicyclic) bond motifs is 2. The predicted octanol–water partition coefficient (Wildman–Crippen LogP) is 7.53. The van der Waals surface area contributed by atoms with Gasteiger partial charge in [-0.2, -0.15) is 65.4 Å². The molecule has 0 amide bonds. The minimum atomic E-state index is -5.82. The average molecular weight is 1340 g/mol. The van der Waals surface area contributed by atoms with Gasteiger partial charge in [0.05, 0.1) is 37.2 Å². The fourth-order valence-corrected chi connectivity index (χ4v) is 11.8. The molecule has 1 heterocycles. The summed E-state index contributed by atoms with van der Waals surface area (Å²) in [5.41, 5.74) is -6.61. The molecular formula is C42H27N13O27S6. The van der Waals surface area contributed by atoms with Crippen LogP contribution in [0.15, 0.2) is 161 Å². The summed E-state index contributed by atoms with van der Waals surface area (Å²) >= 11 is 0. The number of azo groups is 4. The molecular weight excluding hydrogens is 1310 g/mol. The zero-order valence-corrected chi connectivity index (χ0v) is 46.9. The molecule has 0 saturated heterocycles. The summed E-state index contributed by atoms with van der Waals surface area (Å²) in [6, 6.07) is 9.71. The molecule has 40 nitrogen and oxygen atoms in total. The number of anilines is 1. The number of aromatic nitrogens is 2. The van der Waals surface area contributed by atoms with Crippen molar-refractivity contribution >= 4 is 151 Å². The predicted molar refractivity (Wildman–Crippen MR) is 290 cm³/mol. The lowest BCUT2D eigenvalue weighted by Crippen LogP contribution is -2.03. The molecule has 88 heavy (non-hydrogen) atoms. The molecule has 0 unspecified atom stereocenters. The van der Waals surface area contributed by atoms with E-state index < -0.39 is 213 Å². The van der Waals surface area contributed by atoms with E-state index in [1.807, 2.05) is 0 Å². The lowest BCUT2D eigenvalue weighted by Gasteiger charge is -2.13. The number of aromatic hydroxyl groups is 3. The second kappa shape index (κ2) is 22.5. The minimum Gasteiger partial charge on any atom is -0.505 e. The number of non-ortho nitro benzene ring substituents is 1. The Bertz CT molecular complexity index is 5290. The summed E-state index contributed by atoms with van der Waals surface area (Å²) in [6.07, 6.45) is 0. The maximum atomic E-state index is 13.1. The van der Waals surface area contributed by atoms with Gasteiger partial charge < -0.3 is 26.2 Å². The van der Waals surface area contributed by atoms with Crippen LogP contribution < -0.4 is 5.73 Å². The third-order valence-electron chi connectivity index (χ3n) is 11.6. The summed E-state index contributed by atoms with van der Waals surface area (Å²) in [5.74, 6) is -5.76. The molecule has 46 heteroatoms. The molecule has 0 aliphatic heterocycles. The Morgan fingerprint density at radius 1 is 0.489 bits per heavy atom. The number of hydrogen-bond donors (Lipinski definition) is 11. The van der Waals surface area contributed by atoms with Gasteiger partial charge in [0.1, 0.15) is 52.9 Å². The van der Waals surface area contributed by atoms with Crippen LogP contribution in [0.1, 0.15) is 10.5 Å². The van der Waals surface area contributed by atoms with Crippen molar-refractivity contribution in [1.82, 2.24) is 9.78 Å². The molecule has 0 fully saturated rings. The van der Waals surface area contributed by atoms with E-state index in [1.165, 1.54) is 0 Å². The van der Waals surface area contributed by atoms with E-state index in [9.17, 15) is 123 Å². The fraction of sp³-hybridized carbons (Fsp3) is 0. The quantitative estimate of drug-likeness (QED) is 0.0130. The number of aromatic carboxylic acids is 1. The van der Waals surface area contributed by atoms with E-state index >= 15 is 0 Å². The molecule has 0 aliphatic rings. The summed E-state index contributed by atoms with van der Waals surface area (Å²) < 4.78 is 210. The van der Waals surface area contributed by atoms with Gasteiger partial charge in [-0.15, -0.1) is 35.8 Å². The molecule has 1 aromatic heterocycles. The first kappa shape index (κ1) is 63.6. The Balaban J connectivity index is 1.23. The average Bonchev–Trinajstić information content (AvgIpc) is 1.44. The maximum absolute atomic E-state index is 13.1. The van der Waals surface area contributed by atoms with Crippen LogP contribution in [0.2, 0.25) is 0 Å². The highest BCUT2D eigenvalue weighted by Gasteiger charge is 2.32. The number of benzene rings is 7. The van der Waals surface area contributed by atoms with E-state index in [0.29, 0.717) is 35.0 Å². The number of nitro benzene ring substituents is 2. The van der Waals surface area contributed by atoms with Crippen molar-refractivity contribution in [2.45, 2.75) is 29.4 Å². The number of hydrogen-bond acceptors (Lipinski definition) is 30. The smallest absolute Gasteiger partial charge is 0.358 e. The van der Waals surface area contributed by atoms with Gasteiger partial charge in [0.15, 0.2) is 22.9 Å². The molecule has 0 bridgehead atoms. The number of nitrogen functional groups attached to an aromatic ring is 1. The van der Waals surface area contributed by atoms with Crippen LogP contribution in [-0.4, -0.2) is 124 Å². The third kappa shape index (κ3) is 12.6. The van der Waals surface area contributed by atoms with Crippen LogP contribution in [-0.2, 0) is 60.7 Å². The lowest BCUT2D eigenvalue weighted by atomic mass is 10.1. The van der Waals surface area contributed by atoms with Crippen LogP contribution in [0.25, 0.3) is 27.2 Å². The van der Waals surface area contributed by atoms with Gasteiger partial charge in [0.2, 0.25) is 11.6 Å². The van der Waals surface area contributed by atoms with Crippen molar-refractivity contribution in [1.29, 1.82) is 0 Å². The Morgan fingerprint density at radius 2 is 1.01 bits per heavy atom. The first-order valence-corrected chi connectivity index (χ1v) is 30.9. The number of nitrogens with two attached hydrogens (primary N) is 1. The number of rotatable bonds is 18. The standard InChI is InChI=1S/C42H27N13O27S6/c43-33-26(15-28(84(68,69)70)21-7-9-24(39(57)32(21)33)46-45-23-8-3-18(54(61)62)13-29(23)85(71,72)73)48-47-25-10-6-20-22(40(25)88(80,81)82)14-31(87(77,78)79)35(38(20)56)50-44-16-11-27(55(63)64)34(30(12-16)86(74,75)76)49-51-36-37(42(59)60)52-53(41(36)58)17-1-4-19(5-2-17)83(65,66)67/h1-15,56-58H,43H2,(H,59,60)(H,65,66,67)(H,68,69,70)(H,71,72,73)(H,74,75,76)(H,77,78,79)(H,80,81,82). The number of nitro groups is 2. The monoisotopic (exact) mass is 1340 g/mol. The van der Waals surface area contributed by atoms with Crippen molar-refractivity contribution in [2.75, 3.05) is 5.73 Å². The van der Waals surface area contributed by atoms with Crippen LogP contribution >= 0.6 is 0 Å². The second-order valence-electron chi connectivity index (χ2n) is 17.1.